The summed E-state index contributed by atoms with van der Waals surface area (Å²) in [5.41, 5.74) is 2.13. The first kappa shape index (κ1) is 21.9. The van der Waals surface area contributed by atoms with Crippen molar-refractivity contribution in [1.82, 2.24) is 9.80 Å². The first-order valence-corrected chi connectivity index (χ1v) is 10.3. The summed E-state index contributed by atoms with van der Waals surface area (Å²) in [6.45, 7) is 7.12. The normalized spacial score (nSPS) is 16.2. The van der Waals surface area contributed by atoms with Crippen LogP contribution in [0.3, 0.4) is 0 Å². The van der Waals surface area contributed by atoms with E-state index in [4.69, 9.17) is 9.47 Å². The first-order valence-electron chi connectivity index (χ1n) is 10.3. The summed E-state index contributed by atoms with van der Waals surface area (Å²) in [6, 6.07) is 16.5. The molecule has 1 heterocycles. The second-order valence-electron chi connectivity index (χ2n) is 7.47. The number of aliphatic hydroxyl groups excluding tert-OH is 1. The number of nitrogens with zero attached hydrogens (tertiary/aromatic N) is 2. The summed E-state index contributed by atoms with van der Waals surface area (Å²) >= 11 is 0. The SMILES string of the molecule is O[C@@H](COCc1ccccc1)CN(CCN1CCOCC1)Cc1ccc(F)cc1. The summed E-state index contributed by atoms with van der Waals surface area (Å²) in [7, 11) is 0. The van der Waals surface area contributed by atoms with E-state index in [-0.39, 0.29) is 12.4 Å². The number of benzene rings is 2. The number of morpholine rings is 1. The second kappa shape index (κ2) is 12.0. The predicted octanol–water partition coefficient (Wildman–Crippen LogP) is 2.54. The molecule has 1 aliphatic heterocycles. The third-order valence-corrected chi connectivity index (χ3v) is 5.05. The fourth-order valence-electron chi connectivity index (χ4n) is 3.43. The van der Waals surface area contributed by atoms with Gasteiger partial charge in [-0.05, 0) is 23.3 Å². The van der Waals surface area contributed by atoms with Crippen LogP contribution in [0.25, 0.3) is 0 Å². The fourth-order valence-corrected chi connectivity index (χ4v) is 3.43. The van der Waals surface area contributed by atoms with E-state index in [1.54, 1.807) is 12.1 Å². The quantitative estimate of drug-likeness (QED) is 0.626. The zero-order chi connectivity index (χ0) is 20.3. The molecule has 0 saturated carbocycles. The van der Waals surface area contributed by atoms with Crippen molar-refractivity contribution in [2.24, 2.45) is 0 Å². The molecule has 5 nitrogen and oxygen atoms in total. The summed E-state index contributed by atoms with van der Waals surface area (Å²) in [5.74, 6) is -0.233. The molecule has 29 heavy (non-hydrogen) atoms. The van der Waals surface area contributed by atoms with Gasteiger partial charge in [-0.2, -0.15) is 0 Å². The van der Waals surface area contributed by atoms with Gasteiger partial charge >= 0.3 is 0 Å². The molecule has 6 heteroatoms. The van der Waals surface area contributed by atoms with Crippen molar-refractivity contribution >= 4 is 0 Å². The molecule has 1 aliphatic rings. The Bertz CT molecular complexity index is 693. The zero-order valence-electron chi connectivity index (χ0n) is 16.9. The van der Waals surface area contributed by atoms with Gasteiger partial charge in [-0.3, -0.25) is 9.80 Å². The van der Waals surface area contributed by atoms with Crippen molar-refractivity contribution in [2.45, 2.75) is 19.3 Å². The summed E-state index contributed by atoms with van der Waals surface area (Å²) < 4.78 is 24.3. The Labute approximate surface area is 172 Å². The molecule has 1 saturated heterocycles. The van der Waals surface area contributed by atoms with E-state index >= 15 is 0 Å². The lowest BCUT2D eigenvalue weighted by Crippen LogP contribution is -2.43. The van der Waals surface area contributed by atoms with Crippen molar-refractivity contribution < 1.29 is 19.0 Å². The number of rotatable bonds is 11. The van der Waals surface area contributed by atoms with Crippen molar-refractivity contribution in [3.05, 3.63) is 71.5 Å². The summed E-state index contributed by atoms with van der Waals surface area (Å²) in [5, 5.41) is 10.5. The zero-order valence-corrected chi connectivity index (χ0v) is 16.9. The lowest BCUT2D eigenvalue weighted by molar-refractivity contribution is 0.00211. The van der Waals surface area contributed by atoms with Gasteiger partial charge in [0.25, 0.3) is 0 Å². The lowest BCUT2D eigenvalue weighted by atomic mass is 10.2. The smallest absolute Gasteiger partial charge is 0.123 e. The van der Waals surface area contributed by atoms with Crippen LogP contribution in [0.5, 0.6) is 0 Å². The van der Waals surface area contributed by atoms with E-state index in [1.807, 2.05) is 30.3 Å². The Balaban J connectivity index is 1.49. The number of hydrogen-bond donors (Lipinski definition) is 1. The van der Waals surface area contributed by atoms with E-state index in [0.29, 0.717) is 19.7 Å². The number of hydrogen-bond acceptors (Lipinski definition) is 5. The topological polar surface area (TPSA) is 45.2 Å². The van der Waals surface area contributed by atoms with Gasteiger partial charge in [0.1, 0.15) is 5.82 Å². The van der Waals surface area contributed by atoms with Crippen LogP contribution >= 0.6 is 0 Å². The van der Waals surface area contributed by atoms with Gasteiger partial charge in [0.15, 0.2) is 0 Å². The average Bonchev–Trinajstić information content (AvgIpc) is 2.75. The van der Waals surface area contributed by atoms with Gasteiger partial charge in [0, 0.05) is 39.3 Å². The minimum atomic E-state index is -0.580. The van der Waals surface area contributed by atoms with Gasteiger partial charge in [-0.1, -0.05) is 42.5 Å². The third kappa shape index (κ3) is 8.20. The highest BCUT2D eigenvalue weighted by atomic mass is 19.1. The van der Waals surface area contributed by atoms with Crippen LogP contribution in [0.2, 0.25) is 0 Å². The van der Waals surface area contributed by atoms with Crippen LogP contribution in [0.4, 0.5) is 4.39 Å². The molecule has 1 N–H and O–H groups in total. The molecular formula is C23H31FN2O3. The van der Waals surface area contributed by atoms with Gasteiger partial charge in [0.2, 0.25) is 0 Å². The number of aliphatic hydroxyl groups is 1. The Morgan fingerprint density at radius 2 is 1.76 bits per heavy atom. The van der Waals surface area contributed by atoms with Gasteiger partial charge < -0.3 is 14.6 Å². The molecule has 0 amide bonds. The summed E-state index contributed by atoms with van der Waals surface area (Å²) in [6.07, 6.45) is -0.580. The number of halogens is 1. The fraction of sp³-hybridized carbons (Fsp3) is 0.478. The Morgan fingerprint density at radius 1 is 1.03 bits per heavy atom. The largest absolute Gasteiger partial charge is 0.389 e. The molecule has 1 atom stereocenters. The average molecular weight is 403 g/mol. The predicted molar refractivity (Wildman–Crippen MR) is 111 cm³/mol. The molecular weight excluding hydrogens is 371 g/mol. The second-order valence-corrected chi connectivity index (χ2v) is 7.47. The van der Waals surface area contributed by atoms with Crippen molar-refractivity contribution in [2.75, 3.05) is 52.5 Å². The Kier molecular flexibility index (Phi) is 9.05. The monoisotopic (exact) mass is 402 g/mol. The van der Waals surface area contributed by atoms with E-state index in [1.165, 1.54) is 12.1 Å². The molecule has 0 unspecified atom stereocenters. The highest BCUT2D eigenvalue weighted by molar-refractivity contribution is 5.16. The molecule has 2 aromatic rings. The van der Waals surface area contributed by atoms with E-state index in [9.17, 15) is 9.50 Å². The van der Waals surface area contributed by atoms with Crippen molar-refractivity contribution in [3.8, 4) is 0 Å². The van der Waals surface area contributed by atoms with Crippen molar-refractivity contribution in [3.63, 3.8) is 0 Å². The minimum absolute atomic E-state index is 0.233. The van der Waals surface area contributed by atoms with Crippen LogP contribution in [0, 0.1) is 5.82 Å². The maximum absolute atomic E-state index is 13.2. The van der Waals surface area contributed by atoms with Crippen LogP contribution in [-0.2, 0) is 22.6 Å². The number of ether oxygens (including phenoxy) is 2. The molecule has 158 valence electrons. The van der Waals surface area contributed by atoms with E-state index in [0.717, 1.165) is 50.5 Å². The first-order chi connectivity index (χ1) is 14.2. The molecule has 0 spiro atoms. The van der Waals surface area contributed by atoms with Crippen LogP contribution < -0.4 is 0 Å². The van der Waals surface area contributed by atoms with E-state index < -0.39 is 6.10 Å². The molecule has 0 aliphatic carbocycles. The van der Waals surface area contributed by atoms with Crippen LogP contribution in [0.1, 0.15) is 11.1 Å². The Morgan fingerprint density at radius 3 is 2.48 bits per heavy atom. The van der Waals surface area contributed by atoms with Crippen LogP contribution in [-0.4, -0.2) is 73.6 Å². The maximum atomic E-state index is 13.2. The maximum Gasteiger partial charge on any atom is 0.123 e. The molecule has 0 radical (unpaired) electrons. The standard InChI is InChI=1S/C23H31FN2O3/c24-22-8-6-20(7-9-22)16-26(11-10-25-12-14-28-15-13-25)17-23(27)19-29-18-21-4-2-1-3-5-21/h1-9,23,27H,10-19H2/t23-/m1/s1. The van der Waals surface area contributed by atoms with Crippen molar-refractivity contribution in [1.29, 1.82) is 0 Å². The van der Waals surface area contributed by atoms with Crippen LogP contribution in [0.15, 0.2) is 54.6 Å². The summed E-state index contributed by atoms with van der Waals surface area (Å²) in [4.78, 5) is 4.58. The molecule has 2 aromatic carbocycles. The minimum Gasteiger partial charge on any atom is -0.389 e. The lowest BCUT2D eigenvalue weighted by Gasteiger charge is -2.31. The molecule has 3 rings (SSSR count). The molecule has 0 aromatic heterocycles. The molecule has 0 bridgehead atoms. The van der Waals surface area contributed by atoms with Gasteiger partial charge in [-0.25, -0.2) is 4.39 Å². The molecule has 1 fully saturated rings. The highest BCUT2D eigenvalue weighted by Gasteiger charge is 2.16. The Hall–Kier alpha value is -1.83. The van der Waals surface area contributed by atoms with Gasteiger partial charge in [-0.15, -0.1) is 0 Å². The van der Waals surface area contributed by atoms with E-state index in [2.05, 4.69) is 9.80 Å². The third-order valence-electron chi connectivity index (χ3n) is 5.05. The highest BCUT2D eigenvalue weighted by Crippen LogP contribution is 2.09. The van der Waals surface area contributed by atoms with Gasteiger partial charge in [0.05, 0.1) is 32.5 Å².